The van der Waals surface area contributed by atoms with Gasteiger partial charge in [-0.3, -0.25) is 4.98 Å². The fourth-order valence-electron chi connectivity index (χ4n) is 3.56. The second-order valence-electron chi connectivity index (χ2n) is 7.00. The van der Waals surface area contributed by atoms with Crippen LogP contribution in [0.15, 0.2) is 18.6 Å². The highest BCUT2D eigenvalue weighted by molar-refractivity contribution is 5.74. The highest BCUT2D eigenvalue weighted by atomic mass is 19.3. The van der Waals surface area contributed by atoms with Gasteiger partial charge in [0.15, 0.2) is 0 Å². The molecule has 1 N–H and O–H groups in total. The maximum absolute atomic E-state index is 14.7. The molecule has 132 valence electrons. The van der Waals surface area contributed by atoms with Gasteiger partial charge in [0.1, 0.15) is 5.82 Å². The summed E-state index contributed by atoms with van der Waals surface area (Å²) < 4.78 is 29.5. The predicted octanol–water partition coefficient (Wildman–Crippen LogP) is 2.13. The van der Waals surface area contributed by atoms with Crippen molar-refractivity contribution in [3.8, 4) is 0 Å². The van der Waals surface area contributed by atoms with E-state index < -0.39 is 11.3 Å². The maximum atomic E-state index is 14.7. The molecular formula is C16H23F2N5O. The van der Waals surface area contributed by atoms with Crippen LogP contribution in [0.4, 0.5) is 19.4 Å². The Morgan fingerprint density at radius 3 is 2.71 bits per heavy atom. The lowest BCUT2D eigenvalue weighted by Crippen LogP contribution is -2.60. The normalized spacial score (nSPS) is 26.2. The van der Waals surface area contributed by atoms with Crippen LogP contribution in [0.1, 0.15) is 26.7 Å². The van der Waals surface area contributed by atoms with E-state index in [4.69, 9.17) is 0 Å². The van der Waals surface area contributed by atoms with E-state index in [0.29, 0.717) is 18.8 Å². The number of halogens is 2. The van der Waals surface area contributed by atoms with Crippen LogP contribution in [0.5, 0.6) is 0 Å². The third kappa shape index (κ3) is 3.01. The first-order valence-corrected chi connectivity index (χ1v) is 8.27. The molecule has 0 aromatic carbocycles. The number of amides is 2. The molecule has 0 aliphatic carbocycles. The van der Waals surface area contributed by atoms with E-state index in [1.807, 2.05) is 18.7 Å². The Bertz CT molecular complexity index is 597. The predicted molar refractivity (Wildman–Crippen MR) is 86.1 cm³/mol. The Kier molecular flexibility index (Phi) is 4.31. The summed E-state index contributed by atoms with van der Waals surface area (Å²) in [5, 5.41) is 2.80. The molecule has 1 aromatic rings. The lowest BCUT2D eigenvalue weighted by Gasteiger charge is -2.45. The van der Waals surface area contributed by atoms with Gasteiger partial charge in [-0.1, -0.05) is 0 Å². The molecule has 0 unspecified atom stereocenters. The topological polar surface area (TPSA) is 61.4 Å². The van der Waals surface area contributed by atoms with Crippen molar-refractivity contribution in [3.63, 3.8) is 0 Å². The summed E-state index contributed by atoms with van der Waals surface area (Å²) in [6.07, 6.45) is 4.74. The Morgan fingerprint density at radius 2 is 2.04 bits per heavy atom. The number of carbonyl (C=O) groups is 1. The summed E-state index contributed by atoms with van der Waals surface area (Å²) in [6.45, 7) is 4.54. The number of alkyl halides is 2. The van der Waals surface area contributed by atoms with Gasteiger partial charge >= 0.3 is 6.03 Å². The number of carbonyl (C=O) groups excluding carboxylic acids is 1. The van der Waals surface area contributed by atoms with Gasteiger partial charge in [0.2, 0.25) is 0 Å². The van der Waals surface area contributed by atoms with Crippen LogP contribution in [0.2, 0.25) is 0 Å². The van der Waals surface area contributed by atoms with Gasteiger partial charge in [-0.25, -0.2) is 18.6 Å². The lowest BCUT2D eigenvalue weighted by atomic mass is 9.75. The Morgan fingerprint density at radius 1 is 1.25 bits per heavy atom. The van der Waals surface area contributed by atoms with Crippen molar-refractivity contribution >= 4 is 11.8 Å². The van der Waals surface area contributed by atoms with E-state index in [1.54, 1.807) is 18.6 Å². The molecule has 2 amide bonds. The first-order chi connectivity index (χ1) is 11.3. The van der Waals surface area contributed by atoms with E-state index in [0.717, 1.165) is 0 Å². The fraction of sp³-hybridized carbons (Fsp3) is 0.688. The van der Waals surface area contributed by atoms with Gasteiger partial charge in [-0.15, -0.1) is 0 Å². The zero-order valence-corrected chi connectivity index (χ0v) is 14.0. The third-order valence-electron chi connectivity index (χ3n) is 4.89. The molecule has 8 heteroatoms. The van der Waals surface area contributed by atoms with Crippen LogP contribution in [-0.4, -0.2) is 59.0 Å². The Hall–Kier alpha value is -1.99. The van der Waals surface area contributed by atoms with Gasteiger partial charge in [0.05, 0.1) is 11.6 Å². The molecule has 2 fully saturated rings. The van der Waals surface area contributed by atoms with Crippen molar-refractivity contribution in [2.75, 3.05) is 31.1 Å². The molecule has 0 saturated carbocycles. The Balaban J connectivity index is 1.78. The van der Waals surface area contributed by atoms with Crippen molar-refractivity contribution in [2.24, 2.45) is 5.41 Å². The minimum atomic E-state index is -2.79. The first-order valence-electron chi connectivity index (χ1n) is 8.27. The highest BCUT2D eigenvalue weighted by Gasteiger charge is 2.60. The van der Waals surface area contributed by atoms with Gasteiger partial charge < -0.3 is 15.1 Å². The Labute approximate surface area is 140 Å². The zero-order chi connectivity index (χ0) is 17.4. The van der Waals surface area contributed by atoms with Crippen LogP contribution >= 0.6 is 0 Å². The minimum Gasteiger partial charge on any atom is -0.354 e. The van der Waals surface area contributed by atoms with Crippen molar-refractivity contribution < 1.29 is 13.6 Å². The quantitative estimate of drug-likeness (QED) is 0.897. The standard InChI is InChI=1S/C16H23F2N5O/c1-12(2)21-14(24)23-8-4-16(17,18)15(11-23)3-7-22(10-15)13-9-19-5-6-20-13/h5-6,9,12H,3-4,7-8,10-11H2,1-2H3,(H,21,24)/t15-/m1/s1. The van der Waals surface area contributed by atoms with Crippen molar-refractivity contribution in [2.45, 2.75) is 38.7 Å². The smallest absolute Gasteiger partial charge is 0.317 e. The second-order valence-corrected chi connectivity index (χ2v) is 7.00. The van der Waals surface area contributed by atoms with Crippen LogP contribution in [-0.2, 0) is 0 Å². The third-order valence-corrected chi connectivity index (χ3v) is 4.89. The van der Waals surface area contributed by atoms with Gasteiger partial charge in [0.25, 0.3) is 5.92 Å². The molecule has 1 spiro atoms. The fourth-order valence-corrected chi connectivity index (χ4v) is 3.56. The summed E-state index contributed by atoms with van der Waals surface area (Å²) in [5.74, 6) is -2.19. The van der Waals surface area contributed by atoms with Gasteiger partial charge in [0, 0.05) is 51.0 Å². The number of rotatable bonds is 2. The number of nitrogens with zero attached hydrogens (tertiary/aromatic N) is 4. The second kappa shape index (κ2) is 6.14. The molecular weight excluding hydrogens is 316 g/mol. The minimum absolute atomic E-state index is 0.0180. The van der Waals surface area contributed by atoms with E-state index in [-0.39, 0.29) is 38.1 Å². The number of likely N-dealkylation sites (tertiary alicyclic amines) is 1. The number of hydrogen-bond acceptors (Lipinski definition) is 4. The van der Waals surface area contributed by atoms with Gasteiger partial charge in [-0.2, -0.15) is 0 Å². The maximum Gasteiger partial charge on any atom is 0.317 e. The summed E-state index contributed by atoms with van der Waals surface area (Å²) in [4.78, 5) is 23.8. The van der Waals surface area contributed by atoms with Crippen LogP contribution in [0.3, 0.4) is 0 Å². The number of piperidine rings is 1. The SMILES string of the molecule is CC(C)NC(=O)N1CCC(F)(F)[C@@]2(CCN(c3cnccn3)C2)C1. The molecule has 0 radical (unpaired) electrons. The zero-order valence-electron chi connectivity index (χ0n) is 14.0. The molecule has 6 nitrogen and oxygen atoms in total. The number of aromatic nitrogens is 2. The molecule has 0 bridgehead atoms. The summed E-state index contributed by atoms with van der Waals surface area (Å²) in [5.41, 5.74) is -1.23. The van der Waals surface area contributed by atoms with E-state index in [2.05, 4.69) is 15.3 Å². The van der Waals surface area contributed by atoms with E-state index in [1.165, 1.54) is 4.90 Å². The largest absolute Gasteiger partial charge is 0.354 e. The molecule has 2 aliphatic rings. The number of urea groups is 1. The molecule has 3 heterocycles. The van der Waals surface area contributed by atoms with Crippen LogP contribution < -0.4 is 10.2 Å². The summed E-state index contributed by atoms with van der Waals surface area (Å²) in [6, 6.07) is -0.284. The van der Waals surface area contributed by atoms with E-state index in [9.17, 15) is 13.6 Å². The molecule has 24 heavy (non-hydrogen) atoms. The number of anilines is 1. The molecule has 1 atom stereocenters. The molecule has 1 aromatic heterocycles. The van der Waals surface area contributed by atoms with Crippen LogP contribution in [0.25, 0.3) is 0 Å². The van der Waals surface area contributed by atoms with Gasteiger partial charge in [-0.05, 0) is 20.3 Å². The average Bonchev–Trinajstić information content (AvgIpc) is 2.96. The van der Waals surface area contributed by atoms with Crippen molar-refractivity contribution in [3.05, 3.63) is 18.6 Å². The monoisotopic (exact) mass is 339 g/mol. The average molecular weight is 339 g/mol. The summed E-state index contributed by atoms with van der Waals surface area (Å²) in [7, 11) is 0. The molecule has 3 rings (SSSR count). The highest BCUT2D eigenvalue weighted by Crippen LogP contribution is 2.50. The van der Waals surface area contributed by atoms with Crippen molar-refractivity contribution in [1.29, 1.82) is 0 Å². The van der Waals surface area contributed by atoms with Crippen LogP contribution in [0, 0.1) is 5.41 Å². The molecule has 2 aliphatic heterocycles. The van der Waals surface area contributed by atoms with Crippen molar-refractivity contribution in [1.82, 2.24) is 20.2 Å². The molecule has 2 saturated heterocycles. The number of hydrogen-bond donors (Lipinski definition) is 1. The van der Waals surface area contributed by atoms with E-state index >= 15 is 0 Å². The first kappa shape index (κ1) is 16.9. The lowest BCUT2D eigenvalue weighted by molar-refractivity contribution is -0.149. The summed E-state index contributed by atoms with van der Waals surface area (Å²) >= 11 is 0. The number of nitrogens with one attached hydrogen (secondary N) is 1.